The molecule has 9 heavy (non-hydrogen) atoms. The molecule has 0 unspecified atom stereocenters. The molecule has 0 saturated heterocycles. The number of hydrogen-bond acceptors (Lipinski definition) is 1. The minimum atomic E-state index is 0.879. The molecule has 0 bridgehead atoms. The first-order valence-corrected chi connectivity index (χ1v) is 3.57. The van der Waals surface area contributed by atoms with Crippen LogP contribution in [0.15, 0.2) is 21.5 Å². The molecular weight excluding hydrogens is 180 g/mol. The van der Waals surface area contributed by atoms with Crippen LogP contribution >= 0.6 is 15.9 Å². The third kappa shape index (κ3) is 1.72. The average Bonchev–Trinajstić information content (AvgIpc) is 2.17. The van der Waals surface area contributed by atoms with E-state index >= 15 is 0 Å². The molecule has 1 aromatic heterocycles. The number of furan rings is 1. The molecule has 48 valence electrons. The van der Waals surface area contributed by atoms with Crippen LogP contribution in [-0.4, -0.2) is 0 Å². The Morgan fingerprint density at radius 1 is 1.56 bits per heavy atom. The third-order valence-electron chi connectivity index (χ3n) is 0.988. The van der Waals surface area contributed by atoms with E-state index in [2.05, 4.69) is 15.9 Å². The van der Waals surface area contributed by atoms with Crippen molar-refractivity contribution in [2.45, 2.75) is 6.92 Å². The molecule has 0 N–H and O–H groups in total. The summed E-state index contributed by atoms with van der Waals surface area (Å²) in [5.74, 6) is 1.82. The van der Waals surface area contributed by atoms with Crippen LogP contribution in [0.25, 0.3) is 6.08 Å². The third-order valence-corrected chi connectivity index (χ3v) is 1.25. The first-order valence-electron chi connectivity index (χ1n) is 2.66. The molecular formula is C7H7BrO. The molecule has 0 amide bonds. The second kappa shape index (κ2) is 2.87. The normalized spacial score (nSPS) is 10.9. The molecule has 0 atom stereocenters. The molecule has 1 rings (SSSR count). The molecule has 2 heteroatoms. The Hall–Kier alpha value is -0.500. The van der Waals surface area contributed by atoms with Gasteiger partial charge in [0, 0.05) is 0 Å². The van der Waals surface area contributed by atoms with Gasteiger partial charge in [0.15, 0.2) is 0 Å². The van der Waals surface area contributed by atoms with Gasteiger partial charge in [-0.05, 0) is 30.1 Å². The molecule has 0 saturated carbocycles. The summed E-state index contributed by atoms with van der Waals surface area (Å²) >= 11 is 3.15. The Bertz CT molecular complexity index is 212. The van der Waals surface area contributed by atoms with Gasteiger partial charge in [-0.3, -0.25) is 0 Å². The predicted molar refractivity (Wildman–Crippen MR) is 41.4 cm³/mol. The Kier molecular flexibility index (Phi) is 2.11. The van der Waals surface area contributed by atoms with E-state index in [0.29, 0.717) is 0 Å². The zero-order valence-electron chi connectivity index (χ0n) is 5.10. The number of aryl methyl sites for hydroxylation is 1. The molecule has 0 aliphatic heterocycles. The van der Waals surface area contributed by atoms with Crippen LogP contribution in [0.5, 0.6) is 0 Å². The van der Waals surface area contributed by atoms with Crippen molar-refractivity contribution in [1.82, 2.24) is 0 Å². The van der Waals surface area contributed by atoms with Crippen molar-refractivity contribution in [1.29, 1.82) is 0 Å². The fourth-order valence-electron chi connectivity index (χ4n) is 0.605. The van der Waals surface area contributed by atoms with Crippen molar-refractivity contribution in [2.24, 2.45) is 0 Å². The molecule has 0 aliphatic rings. The maximum atomic E-state index is 5.21. The summed E-state index contributed by atoms with van der Waals surface area (Å²) in [6.45, 7) is 1.92. The van der Waals surface area contributed by atoms with Gasteiger partial charge in [-0.1, -0.05) is 15.9 Å². The number of hydrogen-bond donors (Lipinski definition) is 0. The molecule has 1 heterocycles. The van der Waals surface area contributed by atoms with Crippen LogP contribution in [0.4, 0.5) is 0 Å². The van der Waals surface area contributed by atoms with E-state index in [9.17, 15) is 0 Å². The highest BCUT2D eigenvalue weighted by atomic mass is 79.9. The molecule has 0 fully saturated rings. The van der Waals surface area contributed by atoms with Crippen LogP contribution < -0.4 is 0 Å². The Balaban J connectivity index is 2.85. The van der Waals surface area contributed by atoms with Gasteiger partial charge in [-0.2, -0.15) is 0 Å². The summed E-state index contributed by atoms with van der Waals surface area (Å²) in [6, 6.07) is 3.86. The SMILES string of the molecule is Cc1ccc(/C=C/Br)o1. The summed E-state index contributed by atoms with van der Waals surface area (Å²) < 4.78 is 5.21. The highest BCUT2D eigenvalue weighted by Crippen LogP contribution is 2.08. The van der Waals surface area contributed by atoms with Crippen LogP contribution in [0, 0.1) is 6.92 Å². The Morgan fingerprint density at radius 3 is 2.78 bits per heavy atom. The predicted octanol–water partition coefficient (Wildman–Crippen LogP) is 2.95. The van der Waals surface area contributed by atoms with Gasteiger partial charge >= 0.3 is 0 Å². The highest BCUT2D eigenvalue weighted by Gasteiger charge is 1.89. The molecule has 1 nitrogen and oxygen atoms in total. The summed E-state index contributed by atoms with van der Waals surface area (Å²) in [5.41, 5.74) is 0. The van der Waals surface area contributed by atoms with E-state index in [0.717, 1.165) is 11.5 Å². The lowest BCUT2D eigenvalue weighted by molar-refractivity contribution is 0.525. The summed E-state index contributed by atoms with van der Waals surface area (Å²) in [7, 11) is 0. The maximum Gasteiger partial charge on any atom is 0.127 e. The van der Waals surface area contributed by atoms with Crippen molar-refractivity contribution in [2.75, 3.05) is 0 Å². The molecule has 1 aromatic rings. The van der Waals surface area contributed by atoms with E-state index in [-0.39, 0.29) is 0 Å². The minimum Gasteiger partial charge on any atom is -0.462 e. The highest BCUT2D eigenvalue weighted by molar-refractivity contribution is 9.11. The van der Waals surface area contributed by atoms with E-state index in [1.807, 2.05) is 25.1 Å². The summed E-state index contributed by atoms with van der Waals surface area (Å²) in [5, 5.41) is 0. The van der Waals surface area contributed by atoms with Gasteiger partial charge in [0.2, 0.25) is 0 Å². The first kappa shape index (κ1) is 6.62. The van der Waals surface area contributed by atoms with Crippen molar-refractivity contribution in [3.8, 4) is 0 Å². The van der Waals surface area contributed by atoms with Crippen LogP contribution in [0.3, 0.4) is 0 Å². The molecule has 0 radical (unpaired) electrons. The van der Waals surface area contributed by atoms with E-state index in [4.69, 9.17) is 4.42 Å². The number of halogens is 1. The van der Waals surface area contributed by atoms with Crippen molar-refractivity contribution >= 4 is 22.0 Å². The van der Waals surface area contributed by atoms with Crippen molar-refractivity contribution in [3.05, 3.63) is 28.6 Å². The van der Waals surface area contributed by atoms with Gasteiger partial charge in [-0.25, -0.2) is 0 Å². The average molecular weight is 187 g/mol. The van der Waals surface area contributed by atoms with E-state index in [1.165, 1.54) is 0 Å². The quantitative estimate of drug-likeness (QED) is 0.658. The largest absolute Gasteiger partial charge is 0.462 e. The second-order valence-corrected chi connectivity index (χ2v) is 2.27. The summed E-state index contributed by atoms with van der Waals surface area (Å²) in [4.78, 5) is 1.77. The summed E-state index contributed by atoms with van der Waals surface area (Å²) in [6.07, 6.45) is 1.85. The topological polar surface area (TPSA) is 13.1 Å². The van der Waals surface area contributed by atoms with Gasteiger partial charge in [0.25, 0.3) is 0 Å². The van der Waals surface area contributed by atoms with Gasteiger partial charge in [-0.15, -0.1) is 0 Å². The molecule has 0 aliphatic carbocycles. The zero-order chi connectivity index (χ0) is 6.69. The zero-order valence-corrected chi connectivity index (χ0v) is 6.68. The fourth-order valence-corrected chi connectivity index (χ4v) is 0.866. The lowest BCUT2D eigenvalue weighted by Crippen LogP contribution is -1.56. The Morgan fingerprint density at radius 2 is 2.33 bits per heavy atom. The smallest absolute Gasteiger partial charge is 0.127 e. The van der Waals surface area contributed by atoms with Crippen LogP contribution in [-0.2, 0) is 0 Å². The van der Waals surface area contributed by atoms with Crippen LogP contribution in [0.1, 0.15) is 11.5 Å². The lowest BCUT2D eigenvalue weighted by atomic mass is 10.4. The van der Waals surface area contributed by atoms with E-state index in [1.54, 1.807) is 4.99 Å². The van der Waals surface area contributed by atoms with E-state index < -0.39 is 0 Å². The van der Waals surface area contributed by atoms with Gasteiger partial charge < -0.3 is 4.42 Å². The second-order valence-electron chi connectivity index (χ2n) is 1.74. The van der Waals surface area contributed by atoms with Crippen molar-refractivity contribution in [3.63, 3.8) is 0 Å². The van der Waals surface area contributed by atoms with Gasteiger partial charge in [0.1, 0.15) is 11.5 Å². The number of rotatable bonds is 1. The minimum absolute atomic E-state index is 0.879. The standard InChI is InChI=1S/C7H7BrO/c1-6-2-3-7(9-6)4-5-8/h2-5H,1H3/b5-4+. The van der Waals surface area contributed by atoms with Gasteiger partial charge in [0.05, 0.1) is 0 Å². The first-order chi connectivity index (χ1) is 4.33. The fraction of sp³-hybridized carbons (Fsp3) is 0.143. The van der Waals surface area contributed by atoms with Crippen molar-refractivity contribution < 1.29 is 4.42 Å². The lowest BCUT2D eigenvalue weighted by Gasteiger charge is -1.79. The Labute approximate surface area is 62.5 Å². The maximum absolute atomic E-state index is 5.21. The van der Waals surface area contributed by atoms with Crippen LogP contribution in [0.2, 0.25) is 0 Å². The molecule has 0 aromatic carbocycles. The molecule has 0 spiro atoms. The monoisotopic (exact) mass is 186 g/mol.